The number of nitrogens with two attached hydrogens (primary N) is 1. The van der Waals surface area contributed by atoms with Gasteiger partial charge in [-0.1, -0.05) is 0 Å². The smallest absolute Gasteiger partial charge is 0.261 e. The van der Waals surface area contributed by atoms with E-state index in [1.165, 1.54) is 18.4 Å². The molecule has 2 aromatic rings. The Morgan fingerprint density at radius 1 is 1.62 bits per heavy atom. The molecule has 1 amide bonds. The molecule has 0 saturated carbocycles. The van der Waals surface area contributed by atoms with Gasteiger partial charge in [0.1, 0.15) is 4.83 Å². The quantitative estimate of drug-likeness (QED) is 0.880. The summed E-state index contributed by atoms with van der Waals surface area (Å²) in [5.74, 6) is 0.369. The second-order valence-corrected chi connectivity index (χ2v) is 5.80. The third kappa shape index (κ3) is 2.91. The van der Waals surface area contributed by atoms with Crippen LogP contribution in [-0.2, 0) is 4.74 Å². The number of aromatic nitrogens is 2. The van der Waals surface area contributed by atoms with Crippen LogP contribution < -0.4 is 15.8 Å². The van der Waals surface area contributed by atoms with Crippen LogP contribution in [0.4, 0.5) is 5.95 Å². The molecule has 0 aromatic carbocycles. The summed E-state index contributed by atoms with van der Waals surface area (Å²) in [5, 5.41) is 3.57. The zero-order valence-electron chi connectivity index (χ0n) is 11.6. The molecule has 3 N–H and O–H groups in total. The lowest BCUT2D eigenvalue weighted by Crippen LogP contribution is -2.31. The number of ether oxygens (including phenoxy) is 2. The number of nitrogens with zero attached hydrogens (tertiary/aromatic N) is 2. The average Bonchev–Trinajstić information content (AvgIpc) is 3.12. The Balaban J connectivity index is 1.78. The van der Waals surface area contributed by atoms with Gasteiger partial charge in [0, 0.05) is 13.2 Å². The zero-order chi connectivity index (χ0) is 14.8. The standard InChI is InChI=1S/C13H16N4O3S/c1-19-11-8-5-9(21-12(8)17-13(14)16-11)10(18)15-6-7-3-2-4-20-7/h5,7H,2-4,6H2,1H3,(H,15,18)(H2,14,16,17). The van der Waals surface area contributed by atoms with E-state index in [-0.39, 0.29) is 18.0 Å². The molecule has 0 spiro atoms. The van der Waals surface area contributed by atoms with Gasteiger partial charge in [-0.15, -0.1) is 11.3 Å². The molecule has 0 radical (unpaired) electrons. The van der Waals surface area contributed by atoms with Gasteiger partial charge in [0.15, 0.2) is 0 Å². The Kier molecular flexibility index (Phi) is 3.89. The summed E-state index contributed by atoms with van der Waals surface area (Å²) >= 11 is 1.27. The van der Waals surface area contributed by atoms with Gasteiger partial charge in [-0.25, -0.2) is 4.98 Å². The molecule has 0 aliphatic carbocycles. The number of hydrogen-bond donors (Lipinski definition) is 2. The molecular weight excluding hydrogens is 292 g/mol. The van der Waals surface area contributed by atoms with E-state index in [1.807, 2.05) is 0 Å². The van der Waals surface area contributed by atoms with Crippen LogP contribution in [0.3, 0.4) is 0 Å². The molecule has 1 atom stereocenters. The van der Waals surface area contributed by atoms with E-state index in [2.05, 4.69) is 15.3 Å². The van der Waals surface area contributed by atoms with E-state index < -0.39 is 0 Å². The Labute approximate surface area is 125 Å². The van der Waals surface area contributed by atoms with Crippen LogP contribution in [0.2, 0.25) is 0 Å². The number of nitrogen functional groups attached to an aromatic ring is 1. The molecule has 3 heterocycles. The van der Waals surface area contributed by atoms with Crippen LogP contribution in [0, 0.1) is 0 Å². The van der Waals surface area contributed by atoms with E-state index in [0.717, 1.165) is 19.4 Å². The molecule has 0 bridgehead atoms. The van der Waals surface area contributed by atoms with Gasteiger partial charge in [-0.05, 0) is 18.9 Å². The van der Waals surface area contributed by atoms with Gasteiger partial charge in [-0.2, -0.15) is 4.98 Å². The molecule has 112 valence electrons. The zero-order valence-corrected chi connectivity index (χ0v) is 12.4. The van der Waals surface area contributed by atoms with Crippen LogP contribution in [0.25, 0.3) is 10.2 Å². The second kappa shape index (κ2) is 5.82. The van der Waals surface area contributed by atoms with Gasteiger partial charge < -0.3 is 20.5 Å². The van der Waals surface area contributed by atoms with E-state index in [1.54, 1.807) is 6.07 Å². The monoisotopic (exact) mass is 308 g/mol. The summed E-state index contributed by atoms with van der Waals surface area (Å²) in [5.41, 5.74) is 5.61. The first-order valence-electron chi connectivity index (χ1n) is 6.68. The minimum atomic E-state index is -0.144. The van der Waals surface area contributed by atoms with Crippen molar-refractivity contribution in [2.45, 2.75) is 18.9 Å². The summed E-state index contributed by atoms with van der Waals surface area (Å²) < 4.78 is 10.6. The summed E-state index contributed by atoms with van der Waals surface area (Å²) in [6, 6.07) is 1.73. The Morgan fingerprint density at radius 2 is 2.48 bits per heavy atom. The van der Waals surface area contributed by atoms with E-state index >= 15 is 0 Å². The third-order valence-corrected chi connectivity index (χ3v) is 4.33. The fourth-order valence-electron chi connectivity index (χ4n) is 2.28. The van der Waals surface area contributed by atoms with E-state index in [9.17, 15) is 4.79 Å². The number of fused-ring (bicyclic) bond motifs is 1. The maximum absolute atomic E-state index is 12.2. The van der Waals surface area contributed by atoms with Crippen LogP contribution >= 0.6 is 11.3 Å². The number of carbonyl (C=O) groups excluding carboxylic acids is 1. The Bertz CT molecular complexity index is 667. The molecule has 1 fully saturated rings. The van der Waals surface area contributed by atoms with Crippen LogP contribution in [0.1, 0.15) is 22.5 Å². The van der Waals surface area contributed by atoms with Crippen molar-refractivity contribution in [2.75, 3.05) is 26.0 Å². The molecule has 8 heteroatoms. The maximum atomic E-state index is 12.2. The largest absolute Gasteiger partial charge is 0.480 e. The molecular formula is C13H16N4O3S. The van der Waals surface area contributed by atoms with Gasteiger partial charge in [0.25, 0.3) is 5.91 Å². The van der Waals surface area contributed by atoms with Gasteiger partial charge in [0.2, 0.25) is 11.8 Å². The number of carbonyl (C=O) groups is 1. The third-order valence-electron chi connectivity index (χ3n) is 3.31. The first-order valence-corrected chi connectivity index (χ1v) is 7.50. The summed E-state index contributed by atoms with van der Waals surface area (Å²) in [6.07, 6.45) is 2.16. The lowest BCUT2D eigenvalue weighted by Gasteiger charge is -2.09. The molecule has 1 aliphatic rings. The molecule has 2 aromatic heterocycles. The van der Waals surface area contributed by atoms with Gasteiger partial charge in [-0.3, -0.25) is 4.79 Å². The van der Waals surface area contributed by atoms with Crippen molar-refractivity contribution in [1.82, 2.24) is 15.3 Å². The average molecular weight is 308 g/mol. The number of anilines is 1. The molecule has 7 nitrogen and oxygen atoms in total. The minimum absolute atomic E-state index is 0.119. The first-order chi connectivity index (χ1) is 10.2. The van der Waals surface area contributed by atoms with Crippen molar-refractivity contribution >= 4 is 33.4 Å². The summed E-state index contributed by atoms with van der Waals surface area (Å²) in [6.45, 7) is 1.30. The topological polar surface area (TPSA) is 99.4 Å². The van der Waals surface area contributed by atoms with Crippen molar-refractivity contribution in [3.63, 3.8) is 0 Å². The predicted octanol–water partition coefficient (Wildman–Crippen LogP) is 1.19. The number of hydrogen-bond acceptors (Lipinski definition) is 7. The number of methoxy groups -OCH3 is 1. The highest BCUT2D eigenvalue weighted by Crippen LogP contribution is 2.30. The molecule has 3 rings (SSSR count). The highest BCUT2D eigenvalue weighted by atomic mass is 32.1. The normalized spacial score (nSPS) is 18.0. The van der Waals surface area contributed by atoms with Crippen molar-refractivity contribution < 1.29 is 14.3 Å². The van der Waals surface area contributed by atoms with Crippen molar-refractivity contribution in [1.29, 1.82) is 0 Å². The predicted molar refractivity (Wildman–Crippen MR) is 79.7 cm³/mol. The molecule has 21 heavy (non-hydrogen) atoms. The van der Waals surface area contributed by atoms with Gasteiger partial charge >= 0.3 is 0 Å². The first kappa shape index (κ1) is 14.0. The lowest BCUT2D eigenvalue weighted by atomic mass is 10.2. The second-order valence-electron chi connectivity index (χ2n) is 4.77. The van der Waals surface area contributed by atoms with E-state index in [4.69, 9.17) is 15.2 Å². The molecule has 1 saturated heterocycles. The molecule has 1 unspecified atom stereocenters. The molecule has 1 aliphatic heterocycles. The van der Waals surface area contributed by atoms with Crippen molar-refractivity contribution in [3.8, 4) is 5.88 Å². The lowest BCUT2D eigenvalue weighted by molar-refractivity contribution is 0.0861. The summed E-state index contributed by atoms with van der Waals surface area (Å²) in [4.78, 5) is 21.5. The number of thiophene rings is 1. The fourth-order valence-corrected chi connectivity index (χ4v) is 3.22. The Morgan fingerprint density at radius 3 is 3.19 bits per heavy atom. The van der Waals surface area contributed by atoms with Crippen molar-refractivity contribution in [3.05, 3.63) is 10.9 Å². The number of nitrogens with one attached hydrogen (secondary N) is 1. The summed E-state index contributed by atoms with van der Waals surface area (Å²) in [7, 11) is 1.51. The van der Waals surface area contributed by atoms with Crippen molar-refractivity contribution in [2.24, 2.45) is 0 Å². The highest BCUT2D eigenvalue weighted by Gasteiger charge is 2.19. The maximum Gasteiger partial charge on any atom is 0.261 e. The van der Waals surface area contributed by atoms with Crippen LogP contribution in [0.5, 0.6) is 5.88 Å². The fraction of sp³-hybridized carbons (Fsp3) is 0.462. The van der Waals surface area contributed by atoms with Crippen LogP contribution in [0.15, 0.2) is 6.07 Å². The van der Waals surface area contributed by atoms with Gasteiger partial charge in [0.05, 0.1) is 23.5 Å². The van der Waals surface area contributed by atoms with Crippen LogP contribution in [-0.4, -0.2) is 42.2 Å². The minimum Gasteiger partial charge on any atom is -0.480 e. The SMILES string of the molecule is COc1nc(N)nc2sc(C(=O)NCC3CCCO3)cc12. The number of rotatable bonds is 4. The highest BCUT2D eigenvalue weighted by molar-refractivity contribution is 7.20. The number of amides is 1. The Hall–Kier alpha value is -1.93. The van der Waals surface area contributed by atoms with E-state index in [0.29, 0.717) is 27.5 Å².